The summed E-state index contributed by atoms with van der Waals surface area (Å²) in [4.78, 5) is 18.8. The molecule has 24 heavy (non-hydrogen) atoms. The predicted octanol–water partition coefficient (Wildman–Crippen LogP) is 4.11. The van der Waals surface area contributed by atoms with E-state index in [9.17, 15) is 9.18 Å². The molecular formula is C19H23FN2O2. The summed E-state index contributed by atoms with van der Waals surface area (Å²) in [6, 6.07) is 6.52. The van der Waals surface area contributed by atoms with E-state index in [0.29, 0.717) is 23.6 Å². The third-order valence-corrected chi connectivity index (χ3v) is 4.33. The number of rotatable bonds is 3. The number of carbonyl (C=O) groups is 1. The van der Waals surface area contributed by atoms with Crippen molar-refractivity contribution in [3.05, 3.63) is 53.5 Å². The van der Waals surface area contributed by atoms with Crippen LogP contribution in [0, 0.1) is 11.2 Å². The van der Waals surface area contributed by atoms with Gasteiger partial charge in [-0.1, -0.05) is 39.0 Å². The lowest BCUT2D eigenvalue weighted by Crippen LogP contribution is -2.39. The average Bonchev–Trinajstić information content (AvgIpc) is 3.16. The van der Waals surface area contributed by atoms with Gasteiger partial charge in [0.05, 0.1) is 6.20 Å². The Labute approximate surface area is 141 Å². The lowest BCUT2D eigenvalue weighted by Gasteiger charge is -2.29. The van der Waals surface area contributed by atoms with E-state index in [2.05, 4.69) is 4.98 Å². The molecule has 1 unspecified atom stereocenters. The summed E-state index contributed by atoms with van der Waals surface area (Å²) in [5, 5.41) is 0. The van der Waals surface area contributed by atoms with E-state index >= 15 is 0 Å². The molecule has 0 aliphatic carbocycles. The highest BCUT2D eigenvalue weighted by atomic mass is 19.1. The summed E-state index contributed by atoms with van der Waals surface area (Å²) >= 11 is 0. The van der Waals surface area contributed by atoms with Crippen LogP contribution in [0.3, 0.4) is 0 Å². The first kappa shape index (κ1) is 16.7. The fourth-order valence-electron chi connectivity index (χ4n) is 3.09. The maximum Gasteiger partial charge on any atom is 0.228 e. The summed E-state index contributed by atoms with van der Waals surface area (Å²) in [6.45, 7) is 6.49. The zero-order chi connectivity index (χ0) is 17.3. The molecule has 128 valence electrons. The molecule has 1 aromatic carbocycles. The Morgan fingerprint density at radius 1 is 1.38 bits per heavy atom. The van der Waals surface area contributed by atoms with Crippen molar-refractivity contribution in [2.24, 2.45) is 5.41 Å². The molecule has 2 heterocycles. The van der Waals surface area contributed by atoms with Crippen molar-refractivity contribution < 1.29 is 13.6 Å². The standard InChI is InChI=1S/C19H23FN2O2/c1-19(2,3)18(23)22-10-6-9-16(22)17-21-12-14(24-17)11-13-7-4-5-8-15(13)20/h4-5,7-8,12,16H,6,9-11H2,1-3H3. The van der Waals surface area contributed by atoms with Crippen LogP contribution in [0.1, 0.15) is 56.9 Å². The van der Waals surface area contributed by atoms with Gasteiger partial charge < -0.3 is 9.32 Å². The Morgan fingerprint density at radius 3 is 2.83 bits per heavy atom. The zero-order valence-corrected chi connectivity index (χ0v) is 14.4. The number of amides is 1. The molecule has 1 aliphatic rings. The van der Waals surface area contributed by atoms with Gasteiger partial charge in [0, 0.05) is 18.4 Å². The van der Waals surface area contributed by atoms with Crippen LogP contribution in [-0.2, 0) is 11.2 Å². The lowest BCUT2D eigenvalue weighted by molar-refractivity contribution is -0.140. The van der Waals surface area contributed by atoms with E-state index < -0.39 is 5.41 Å². The highest BCUT2D eigenvalue weighted by Crippen LogP contribution is 2.35. The molecule has 5 heteroatoms. The fraction of sp³-hybridized carbons (Fsp3) is 0.474. The van der Waals surface area contributed by atoms with Crippen LogP contribution in [0.25, 0.3) is 0 Å². The molecule has 0 bridgehead atoms. The summed E-state index contributed by atoms with van der Waals surface area (Å²) in [5.74, 6) is 1.03. The van der Waals surface area contributed by atoms with Crippen molar-refractivity contribution in [2.75, 3.05) is 6.54 Å². The summed E-state index contributed by atoms with van der Waals surface area (Å²) < 4.78 is 19.6. The van der Waals surface area contributed by atoms with Crippen LogP contribution in [0.15, 0.2) is 34.9 Å². The Bertz CT molecular complexity index is 733. The van der Waals surface area contributed by atoms with Crippen molar-refractivity contribution in [2.45, 2.75) is 46.1 Å². The van der Waals surface area contributed by atoms with E-state index in [0.717, 1.165) is 19.4 Å². The first-order valence-electron chi connectivity index (χ1n) is 8.35. The molecule has 0 spiro atoms. The van der Waals surface area contributed by atoms with Gasteiger partial charge in [0.1, 0.15) is 17.6 Å². The third-order valence-electron chi connectivity index (χ3n) is 4.33. The highest BCUT2D eigenvalue weighted by molar-refractivity contribution is 5.82. The van der Waals surface area contributed by atoms with Gasteiger partial charge in [0.2, 0.25) is 11.8 Å². The maximum absolute atomic E-state index is 13.8. The van der Waals surface area contributed by atoms with Gasteiger partial charge in [0.15, 0.2) is 0 Å². The van der Waals surface area contributed by atoms with E-state index in [-0.39, 0.29) is 17.8 Å². The second kappa shape index (κ2) is 6.38. The molecule has 1 aliphatic heterocycles. The van der Waals surface area contributed by atoms with E-state index in [1.165, 1.54) is 6.07 Å². The number of benzene rings is 1. The maximum atomic E-state index is 13.8. The van der Waals surface area contributed by atoms with Gasteiger partial charge in [-0.2, -0.15) is 0 Å². The fourth-order valence-corrected chi connectivity index (χ4v) is 3.09. The Kier molecular flexibility index (Phi) is 4.43. The number of nitrogens with zero attached hydrogens (tertiary/aromatic N) is 2. The molecule has 0 saturated carbocycles. The van der Waals surface area contributed by atoms with Gasteiger partial charge in [-0.3, -0.25) is 4.79 Å². The van der Waals surface area contributed by atoms with E-state index in [1.807, 2.05) is 25.7 Å². The van der Waals surface area contributed by atoms with Crippen LogP contribution in [0.5, 0.6) is 0 Å². The minimum atomic E-state index is -0.425. The van der Waals surface area contributed by atoms with Crippen molar-refractivity contribution in [3.8, 4) is 0 Å². The van der Waals surface area contributed by atoms with Crippen LogP contribution >= 0.6 is 0 Å². The molecule has 2 aromatic rings. The average molecular weight is 330 g/mol. The SMILES string of the molecule is CC(C)(C)C(=O)N1CCCC1c1ncc(Cc2ccccc2F)o1. The largest absolute Gasteiger partial charge is 0.443 e. The van der Waals surface area contributed by atoms with E-state index in [4.69, 9.17) is 4.42 Å². The summed E-state index contributed by atoms with van der Waals surface area (Å²) in [5.41, 5.74) is 0.153. The molecule has 4 nitrogen and oxygen atoms in total. The molecule has 0 N–H and O–H groups in total. The minimum absolute atomic E-state index is 0.110. The predicted molar refractivity (Wildman–Crippen MR) is 88.9 cm³/mol. The third kappa shape index (κ3) is 3.35. The van der Waals surface area contributed by atoms with Gasteiger partial charge in [-0.25, -0.2) is 9.37 Å². The second-order valence-electron chi connectivity index (χ2n) is 7.34. The smallest absolute Gasteiger partial charge is 0.228 e. The number of oxazole rings is 1. The molecule has 3 rings (SSSR count). The number of carbonyl (C=O) groups excluding carboxylic acids is 1. The summed E-state index contributed by atoms with van der Waals surface area (Å²) in [7, 11) is 0. The molecular weight excluding hydrogens is 307 g/mol. The molecule has 1 atom stereocenters. The van der Waals surface area contributed by atoms with Crippen LogP contribution in [0.2, 0.25) is 0 Å². The van der Waals surface area contributed by atoms with Crippen LogP contribution in [0.4, 0.5) is 4.39 Å². The topological polar surface area (TPSA) is 46.3 Å². The Hall–Kier alpha value is -2.17. The number of aromatic nitrogens is 1. The van der Waals surface area contributed by atoms with Crippen molar-refractivity contribution in [1.29, 1.82) is 0 Å². The van der Waals surface area contributed by atoms with Crippen LogP contribution < -0.4 is 0 Å². The van der Waals surface area contributed by atoms with Crippen molar-refractivity contribution in [1.82, 2.24) is 9.88 Å². The molecule has 0 radical (unpaired) electrons. The number of halogens is 1. The van der Waals surface area contributed by atoms with Gasteiger partial charge >= 0.3 is 0 Å². The second-order valence-corrected chi connectivity index (χ2v) is 7.34. The van der Waals surface area contributed by atoms with Crippen molar-refractivity contribution in [3.63, 3.8) is 0 Å². The molecule has 1 saturated heterocycles. The monoisotopic (exact) mass is 330 g/mol. The quantitative estimate of drug-likeness (QED) is 0.850. The summed E-state index contributed by atoms with van der Waals surface area (Å²) in [6.07, 6.45) is 3.79. The Balaban J connectivity index is 1.77. The zero-order valence-electron chi connectivity index (χ0n) is 14.4. The highest BCUT2D eigenvalue weighted by Gasteiger charge is 2.37. The first-order valence-corrected chi connectivity index (χ1v) is 8.35. The molecule has 1 aromatic heterocycles. The van der Waals surface area contributed by atoms with E-state index in [1.54, 1.807) is 24.4 Å². The Morgan fingerprint density at radius 2 is 2.12 bits per heavy atom. The number of likely N-dealkylation sites (tertiary alicyclic amines) is 1. The van der Waals surface area contributed by atoms with Crippen LogP contribution in [-0.4, -0.2) is 22.3 Å². The van der Waals surface area contributed by atoms with Gasteiger partial charge in [-0.05, 0) is 24.5 Å². The molecule has 1 amide bonds. The minimum Gasteiger partial charge on any atom is -0.443 e. The normalized spacial score (nSPS) is 18.2. The van der Waals surface area contributed by atoms with Gasteiger partial charge in [0.25, 0.3) is 0 Å². The number of hydrogen-bond acceptors (Lipinski definition) is 3. The molecule has 1 fully saturated rings. The number of hydrogen-bond donors (Lipinski definition) is 0. The lowest BCUT2D eigenvalue weighted by atomic mass is 9.94. The first-order chi connectivity index (χ1) is 11.4. The van der Waals surface area contributed by atoms with Crippen molar-refractivity contribution >= 4 is 5.91 Å². The van der Waals surface area contributed by atoms with Gasteiger partial charge in [-0.15, -0.1) is 0 Å².